The molecule has 24 heavy (non-hydrogen) atoms. The van der Waals surface area contributed by atoms with E-state index < -0.39 is 5.66 Å². The fraction of sp³-hybridized carbons (Fsp3) is 0.765. The quantitative estimate of drug-likeness (QED) is 0.701. The molecule has 3 aliphatic heterocycles. The van der Waals surface area contributed by atoms with Crippen molar-refractivity contribution in [3.05, 3.63) is 0 Å². The molecule has 0 aliphatic carbocycles. The Labute approximate surface area is 142 Å². The van der Waals surface area contributed by atoms with Crippen molar-refractivity contribution in [3.8, 4) is 12.3 Å². The van der Waals surface area contributed by atoms with E-state index in [4.69, 9.17) is 6.42 Å². The molecule has 130 valence electrons. The molecule has 3 aliphatic rings. The third kappa shape index (κ3) is 3.93. The first-order valence-electron chi connectivity index (χ1n) is 8.78. The Morgan fingerprint density at radius 3 is 2.75 bits per heavy atom. The van der Waals surface area contributed by atoms with Gasteiger partial charge < -0.3 is 15.5 Å². The van der Waals surface area contributed by atoms with Crippen LogP contribution in [0.4, 0.5) is 0 Å². The molecule has 7 heteroatoms. The molecule has 0 radical (unpaired) electrons. The second-order valence-electron chi connectivity index (χ2n) is 6.87. The largest absolute Gasteiger partial charge is 0.352 e. The fourth-order valence-corrected chi connectivity index (χ4v) is 3.70. The maximum Gasteiger partial charge on any atom is 0.239 e. The molecular weight excluding hydrogens is 306 g/mol. The van der Waals surface area contributed by atoms with Crippen LogP contribution in [0.15, 0.2) is 10.2 Å². The zero-order valence-electron chi connectivity index (χ0n) is 14.0. The van der Waals surface area contributed by atoms with E-state index in [0.29, 0.717) is 38.1 Å². The van der Waals surface area contributed by atoms with Crippen molar-refractivity contribution in [2.24, 2.45) is 16.1 Å². The van der Waals surface area contributed by atoms with Crippen LogP contribution in [-0.2, 0) is 9.59 Å². The number of rotatable bonds is 6. The van der Waals surface area contributed by atoms with Crippen LogP contribution in [0.5, 0.6) is 0 Å². The maximum atomic E-state index is 12.8. The average molecular weight is 331 g/mol. The van der Waals surface area contributed by atoms with Crippen molar-refractivity contribution in [1.29, 1.82) is 0 Å². The van der Waals surface area contributed by atoms with E-state index in [1.165, 1.54) is 0 Å². The highest BCUT2D eigenvalue weighted by atomic mass is 16.2. The number of terminal acetylenes is 1. The monoisotopic (exact) mass is 331 g/mol. The van der Waals surface area contributed by atoms with E-state index in [2.05, 4.69) is 26.8 Å². The molecule has 2 saturated heterocycles. The first-order valence-corrected chi connectivity index (χ1v) is 8.78. The average Bonchev–Trinajstić information content (AvgIpc) is 3.39. The van der Waals surface area contributed by atoms with E-state index in [0.717, 1.165) is 25.9 Å². The molecule has 0 aromatic heterocycles. The third-order valence-electron chi connectivity index (χ3n) is 5.26. The zero-order chi connectivity index (χ0) is 17.0. The predicted octanol–water partition coefficient (Wildman–Crippen LogP) is 0.669. The summed E-state index contributed by atoms with van der Waals surface area (Å²) in [5.74, 6) is 3.00. The number of nitrogens with one attached hydrogen (secondary N) is 2. The van der Waals surface area contributed by atoms with Crippen molar-refractivity contribution in [3.63, 3.8) is 0 Å². The first-order chi connectivity index (χ1) is 11.6. The molecular formula is C17H25N5O2. The molecule has 1 unspecified atom stereocenters. The minimum absolute atomic E-state index is 0.0331. The predicted molar refractivity (Wildman–Crippen MR) is 89.0 cm³/mol. The van der Waals surface area contributed by atoms with Crippen LogP contribution in [0.25, 0.3) is 0 Å². The van der Waals surface area contributed by atoms with Gasteiger partial charge in [0.2, 0.25) is 11.8 Å². The lowest BCUT2D eigenvalue weighted by atomic mass is 9.87. The maximum absolute atomic E-state index is 12.8. The van der Waals surface area contributed by atoms with Gasteiger partial charge >= 0.3 is 0 Å². The number of nitrogens with zero attached hydrogens (tertiary/aromatic N) is 3. The Morgan fingerprint density at radius 1 is 1.33 bits per heavy atom. The molecule has 3 heterocycles. The van der Waals surface area contributed by atoms with Crippen molar-refractivity contribution >= 4 is 11.8 Å². The molecule has 0 spiro atoms. The van der Waals surface area contributed by atoms with E-state index in [9.17, 15) is 9.59 Å². The third-order valence-corrected chi connectivity index (χ3v) is 5.26. The van der Waals surface area contributed by atoms with E-state index in [1.807, 2.05) is 0 Å². The van der Waals surface area contributed by atoms with E-state index >= 15 is 0 Å². The highest BCUT2D eigenvalue weighted by molar-refractivity contribution is 5.86. The van der Waals surface area contributed by atoms with Gasteiger partial charge in [0, 0.05) is 32.2 Å². The molecule has 3 rings (SSSR count). The summed E-state index contributed by atoms with van der Waals surface area (Å²) in [6, 6.07) is 0.104. The van der Waals surface area contributed by atoms with E-state index in [-0.39, 0.29) is 24.4 Å². The van der Waals surface area contributed by atoms with Crippen LogP contribution in [-0.4, -0.2) is 54.6 Å². The molecule has 7 nitrogen and oxygen atoms in total. The van der Waals surface area contributed by atoms with Gasteiger partial charge in [-0.3, -0.25) is 9.59 Å². The smallest absolute Gasteiger partial charge is 0.239 e. The van der Waals surface area contributed by atoms with Crippen molar-refractivity contribution in [2.75, 3.05) is 26.2 Å². The van der Waals surface area contributed by atoms with Gasteiger partial charge in [0.15, 0.2) is 5.66 Å². The highest BCUT2D eigenvalue weighted by Crippen LogP contribution is 2.38. The molecule has 0 aromatic rings. The number of piperidine rings is 1. The van der Waals surface area contributed by atoms with Gasteiger partial charge in [-0.05, 0) is 31.8 Å². The van der Waals surface area contributed by atoms with Crippen LogP contribution in [0.3, 0.4) is 0 Å². The number of carbonyl (C=O) groups excluding carboxylic acids is 2. The summed E-state index contributed by atoms with van der Waals surface area (Å²) >= 11 is 0. The van der Waals surface area contributed by atoms with Crippen molar-refractivity contribution in [2.45, 2.75) is 50.2 Å². The summed E-state index contributed by atoms with van der Waals surface area (Å²) in [5.41, 5.74) is -0.440. The van der Waals surface area contributed by atoms with Crippen LogP contribution in [0.1, 0.15) is 38.5 Å². The van der Waals surface area contributed by atoms with Gasteiger partial charge in [0.1, 0.15) is 0 Å². The van der Waals surface area contributed by atoms with Crippen LogP contribution >= 0.6 is 0 Å². The lowest BCUT2D eigenvalue weighted by Gasteiger charge is -2.41. The minimum Gasteiger partial charge on any atom is -0.352 e. The molecule has 1 atom stereocenters. The number of carbonyl (C=O) groups is 2. The van der Waals surface area contributed by atoms with Crippen molar-refractivity contribution in [1.82, 2.24) is 15.5 Å². The normalized spacial score (nSPS) is 25.9. The first kappa shape index (κ1) is 16.9. The SMILES string of the molecule is C#CCCC1(CCC(=O)N2CC(=O)NCC2C2CCNCC2)N=N1. The van der Waals surface area contributed by atoms with Crippen LogP contribution in [0.2, 0.25) is 0 Å². The Kier molecular flexibility index (Phi) is 5.14. The van der Waals surface area contributed by atoms with Gasteiger partial charge in [-0.1, -0.05) is 0 Å². The number of amides is 2. The molecule has 0 bridgehead atoms. The van der Waals surface area contributed by atoms with Gasteiger partial charge in [-0.25, -0.2) is 0 Å². The molecule has 0 saturated carbocycles. The second-order valence-corrected chi connectivity index (χ2v) is 6.87. The summed E-state index contributed by atoms with van der Waals surface area (Å²) in [7, 11) is 0. The summed E-state index contributed by atoms with van der Waals surface area (Å²) in [6.45, 7) is 2.68. The standard InChI is InChI=1S/C17H25N5O2/c1-2-3-7-17(20-21-17)8-4-16(24)22-12-15(23)19-11-14(22)13-5-9-18-10-6-13/h1,13-14,18H,3-12H2,(H,19,23). The summed E-state index contributed by atoms with van der Waals surface area (Å²) in [6.07, 6.45) is 9.65. The molecule has 2 fully saturated rings. The number of hydrogen-bond acceptors (Lipinski definition) is 5. The van der Waals surface area contributed by atoms with E-state index in [1.54, 1.807) is 4.90 Å². The van der Waals surface area contributed by atoms with Gasteiger partial charge in [0.05, 0.1) is 12.6 Å². The van der Waals surface area contributed by atoms with Crippen LogP contribution in [0, 0.1) is 18.3 Å². The summed E-state index contributed by atoms with van der Waals surface area (Å²) < 4.78 is 0. The fourth-order valence-electron chi connectivity index (χ4n) is 3.70. The lowest BCUT2D eigenvalue weighted by Crippen LogP contribution is -2.60. The minimum atomic E-state index is -0.440. The number of hydrogen-bond donors (Lipinski definition) is 2. The van der Waals surface area contributed by atoms with Crippen molar-refractivity contribution < 1.29 is 9.59 Å². The van der Waals surface area contributed by atoms with Gasteiger partial charge in [-0.2, -0.15) is 10.2 Å². The van der Waals surface area contributed by atoms with Crippen LogP contribution < -0.4 is 10.6 Å². The van der Waals surface area contributed by atoms with Gasteiger partial charge in [0.25, 0.3) is 0 Å². The Bertz CT molecular complexity index is 556. The second kappa shape index (κ2) is 7.31. The Hall–Kier alpha value is -1.94. The Morgan fingerprint density at radius 2 is 2.08 bits per heavy atom. The molecule has 0 aromatic carbocycles. The molecule has 2 N–H and O–H groups in total. The Balaban J connectivity index is 1.57. The lowest BCUT2D eigenvalue weighted by molar-refractivity contribution is -0.143. The topological polar surface area (TPSA) is 86.2 Å². The summed E-state index contributed by atoms with van der Waals surface area (Å²) in [5, 5.41) is 14.4. The zero-order valence-corrected chi connectivity index (χ0v) is 14.0. The highest BCUT2D eigenvalue weighted by Gasteiger charge is 2.41. The summed E-state index contributed by atoms with van der Waals surface area (Å²) in [4.78, 5) is 26.3. The van der Waals surface area contributed by atoms with Gasteiger partial charge in [-0.15, -0.1) is 12.3 Å². The molecule has 2 amide bonds. The number of piperazine rings is 1.